The number of likely N-dealkylation sites (N-methyl/N-ethyl adjacent to an activating group) is 1. The Labute approximate surface area is 292 Å². The fourth-order valence-corrected chi connectivity index (χ4v) is 6.26. The first-order valence-electron chi connectivity index (χ1n) is 15.8. The average Bonchev–Trinajstić information content (AvgIpc) is 3.79. The predicted molar refractivity (Wildman–Crippen MR) is 180 cm³/mol. The summed E-state index contributed by atoms with van der Waals surface area (Å²) in [6.45, 7) is 5.10. The molecule has 3 heterocycles. The van der Waals surface area contributed by atoms with E-state index in [9.17, 15) is 19.1 Å². The minimum Gasteiger partial charge on any atom is -0.457 e. The Morgan fingerprint density at radius 3 is 2.66 bits per heavy atom. The van der Waals surface area contributed by atoms with Crippen LogP contribution < -0.4 is 14.8 Å². The van der Waals surface area contributed by atoms with E-state index in [1.165, 1.54) is 51.4 Å². The van der Waals surface area contributed by atoms with Crippen molar-refractivity contribution in [2.75, 3.05) is 25.5 Å². The number of ether oxygens (including phenoxy) is 2. The van der Waals surface area contributed by atoms with Gasteiger partial charge in [-0.1, -0.05) is 42.8 Å². The first kappa shape index (κ1) is 36.2. The van der Waals surface area contributed by atoms with Crippen molar-refractivity contribution in [1.29, 1.82) is 0 Å². The number of anilines is 1. The fourth-order valence-electron chi connectivity index (χ4n) is 5.29. The lowest BCUT2D eigenvalue weighted by molar-refractivity contribution is -0.753. The van der Waals surface area contributed by atoms with E-state index in [0.717, 1.165) is 29.3 Å². The number of pyridine rings is 1. The van der Waals surface area contributed by atoms with Crippen LogP contribution in [-0.4, -0.2) is 57.6 Å². The Kier molecular flexibility index (Phi) is 11.3. The second kappa shape index (κ2) is 15.6. The topological polar surface area (TPSA) is 140 Å². The third-order valence-electron chi connectivity index (χ3n) is 8.26. The molecule has 0 spiro atoms. The largest absolute Gasteiger partial charge is 0.457 e. The van der Waals surface area contributed by atoms with Crippen LogP contribution in [0.15, 0.2) is 78.8 Å². The van der Waals surface area contributed by atoms with Crippen molar-refractivity contribution in [3.8, 4) is 11.3 Å². The van der Waals surface area contributed by atoms with Crippen molar-refractivity contribution in [1.82, 2.24) is 19.7 Å². The van der Waals surface area contributed by atoms with Crippen molar-refractivity contribution >= 4 is 29.2 Å². The number of aromatic nitrogens is 5. The number of nitrogens with two attached hydrogens (primary N) is 1. The molecule has 2 aromatic carbocycles. The predicted octanol–water partition coefficient (Wildman–Crippen LogP) is 4.00. The van der Waals surface area contributed by atoms with Crippen LogP contribution >= 0.6 is 11.3 Å². The Hall–Kier alpha value is -5.12. The number of aliphatic hydroxyl groups is 1. The Morgan fingerprint density at radius 1 is 1.16 bits per heavy atom. The fraction of sp³-hybridized carbons (Fsp3) is 0.314. The minimum absolute atomic E-state index is 0.0773. The van der Waals surface area contributed by atoms with Crippen LogP contribution in [-0.2, 0) is 33.0 Å². The number of quaternary nitrogens is 1. The van der Waals surface area contributed by atoms with E-state index in [0.29, 0.717) is 16.3 Å². The van der Waals surface area contributed by atoms with Gasteiger partial charge in [-0.05, 0) is 31.2 Å². The SMILES string of the molecule is C[NH2+]CC(=O)OCc1cccnc1N(C)C(=O)OC(C)[n+]1cnn(C[C@](O)(c2cc(F)ccc2F)[C@@H](C)c2nc(-c3ccc(C)cc3)cs2)c1. The van der Waals surface area contributed by atoms with Crippen molar-refractivity contribution in [2.45, 2.75) is 51.7 Å². The molecule has 3 atom stereocenters. The van der Waals surface area contributed by atoms with Gasteiger partial charge in [0.1, 0.15) is 36.2 Å². The van der Waals surface area contributed by atoms with Gasteiger partial charge in [0.05, 0.1) is 17.7 Å². The lowest BCUT2D eigenvalue weighted by Gasteiger charge is -2.32. The molecule has 5 rings (SSSR count). The molecule has 262 valence electrons. The lowest BCUT2D eigenvalue weighted by Crippen LogP contribution is -2.81. The molecule has 0 radical (unpaired) electrons. The van der Waals surface area contributed by atoms with Crippen molar-refractivity contribution < 1.29 is 42.8 Å². The first-order chi connectivity index (χ1) is 23.9. The van der Waals surface area contributed by atoms with Crippen molar-refractivity contribution in [3.63, 3.8) is 0 Å². The van der Waals surface area contributed by atoms with Crippen molar-refractivity contribution in [3.05, 3.63) is 112 Å². The summed E-state index contributed by atoms with van der Waals surface area (Å²) >= 11 is 1.31. The number of nitrogens with zero attached hydrogens (tertiary/aromatic N) is 6. The molecule has 3 N–H and O–H groups in total. The summed E-state index contributed by atoms with van der Waals surface area (Å²) in [5, 5.41) is 20.7. The van der Waals surface area contributed by atoms with E-state index >= 15 is 4.39 Å². The van der Waals surface area contributed by atoms with Crippen molar-refractivity contribution in [2.24, 2.45) is 0 Å². The van der Waals surface area contributed by atoms with Crippen LogP contribution in [0, 0.1) is 18.6 Å². The van der Waals surface area contributed by atoms with E-state index < -0.39 is 41.4 Å². The third-order valence-corrected chi connectivity index (χ3v) is 9.29. The third kappa shape index (κ3) is 8.18. The van der Waals surface area contributed by atoms with Gasteiger partial charge >= 0.3 is 12.1 Å². The minimum atomic E-state index is -1.99. The van der Waals surface area contributed by atoms with E-state index in [-0.39, 0.29) is 31.1 Å². The molecule has 0 saturated carbocycles. The maximum Gasteiger partial charge on any atom is 0.418 e. The molecule has 0 aliphatic rings. The summed E-state index contributed by atoms with van der Waals surface area (Å²) in [5.74, 6) is -2.44. The van der Waals surface area contributed by atoms with Gasteiger partial charge in [-0.2, -0.15) is 4.57 Å². The summed E-state index contributed by atoms with van der Waals surface area (Å²) < 4.78 is 43.6. The number of hydrogen-bond donors (Lipinski definition) is 2. The quantitative estimate of drug-likeness (QED) is 0.138. The molecule has 15 heteroatoms. The highest BCUT2D eigenvalue weighted by Gasteiger charge is 2.43. The molecule has 50 heavy (non-hydrogen) atoms. The molecule has 0 bridgehead atoms. The number of carbonyl (C=O) groups excluding carboxylic acids is 2. The molecule has 0 aliphatic heterocycles. The number of benzene rings is 2. The summed E-state index contributed by atoms with van der Waals surface area (Å²) in [7, 11) is 3.23. The number of rotatable bonds is 13. The molecule has 5 aromatic rings. The van der Waals surface area contributed by atoms with Gasteiger partial charge in [-0.3, -0.25) is 4.90 Å². The van der Waals surface area contributed by atoms with E-state index in [2.05, 4.69) is 10.1 Å². The second-order valence-electron chi connectivity index (χ2n) is 11.9. The van der Waals surface area contributed by atoms with E-state index in [1.54, 1.807) is 38.3 Å². The maximum absolute atomic E-state index is 15.3. The van der Waals surface area contributed by atoms with Crippen LogP contribution in [0.5, 0.6) is 0 Å². The molecule has 1 amide bonds. The van der Waals surface area contributed by atoms with Gasteiger partial charge in [-0.15, -0.1) is 16.0 Å². The molecule has 0 saturated heterocycles. The molecular weight excluding hydrogens is 668 g/mol. The van der Waals surface area contributed by atoms with E-state index in [4.69, 9.17) is 14.5 Å². The van der Waals surface area contributed by atoms with Gasteiger partial charge in [0, 0.05) is 53.3 Å². The molecule has 1 unspecified atom stereocenters. The monoisotopic (exact) mass is 707 g/mol. The summed E-state index contributed by atoms with van der Waals surface area (Å²) in [5.41, 5.74) is 0.960. The van der Waals surface area contributed by atoms with Crippen LogP contribution in [0.3, 0.4) is 0 Å². The number of carbonyl (C=O) groups is 2. The number of amides is 1. The first-order valence-corrected chi connectivity index (χ1v) is 16.7. The molecule has 3 aromatic heterocycles. The Bertz CT molecular complexity index is 1950. The number of thiazole rings is 1. The van der Waals surface area contributed by atoms with Gasteiger partial charge < -0.3 is 19.9 Å². The van der Waals surface area contributed by atoms with Gasteiger partial charge in [0.15, 0.2) is 6.54 Å². The van der Waals surface area contributed by atoms with Crippen LogP contribution in [0.1, 0.15) is 47.7 Å². The van der Waals surface area contributed by atoms with Gasteiger partial charge in [-0.25, -0.2) is 28.3 Å². The normalized spacial score (nSPS) is 13.7. The number of esters is 1. The van der Waals surface area contributed by atoms with E-state index in [1.807, 2.05) is 36.6 Å². The van der Waals surface area contributed by atoms with Crippen LogP contribution in [0.25, 0.3) is 11.3 Å². The Balaban J connectivity index is 1.35. The highest BCUT2D eigenvalue weighted by molar-refractivity contribution is 7.10. The number of hydrogen-bond acceptors (Lipinski definition) is 9. The number of halogens is 2. The molecule has 0 fully saturated rings. The Morgan fingerprint density at radius 2 is 1.92 bits per heavy atom. The smallest absolute Gasteiger partial charge is 0.418 e. The zero-order chi connectivity index (χ0) is 36.0. The second-order valence-corrected chi connectivity index (χ2v) is 12.8. The zero-order valence-corrected chi connectivity index (χ0v) is 29.1. The summed E-state index contributed by atoms with van der Waals surface area (Å²) in [4.78, 5) is 35.2. The molecule has 0 aliphatic carbocycles. The standard InChI is InChI=1S/C35H38F2N7O5S/c1-22-8-10-25(11-9-22)30-18-50-33(41-30)23(2)35(47,28-15-27(36)12-13-29(28)37)19-44-21-43(20-40-44)24(3)49-34(46)42(5)32-26(7-6-14-39-32)17-48-31(45)16-38-4/h6-15,18,20-21,23-24,38,47H,16-17,19H2,1-5H3/q+1/p+1/t23-,24?,35+/m0/s1. The highest BCUT2D eigenvalue weighted by atomic mass is 32.1. The van der Waals surface area contributed by atoms with Crippen LogP contribution in [0.2, 0.25) is 0 Å². The van der Waals surface area contributed by atoms with Gasteiger partial charge in [0.2, 0.25) is 12.6 Å². The van der Waals surface area contributed by atoms with Gasteiger partial charge in [0.25, 0.3) is 6.33 Å². The zero-order valence-electron chi connectivity index (χ0n) is 28.3. The molecule has 12 nitrogen and oxygen atoms in total. The maximum atomic E-state index is 15.3. The summed E-state index contributed by atoms with van der Waals surface area (Å²) in [6, 6.07) is 14.1. The lowest BCUT2D eigenvalue weighted by atomic mass is 9.82. The number of aryl methyl sites for hydroxylation is 1. The average molecular weight is 708 g/mol. The highest BCUT2D eigenvalue weighted by Crippen LogP contribution is 2.41. The molecular formula is C35H39F2N7O5S+2. The summed E-state index contributed by atoms with van der Waals surface area (Å²) in [6.07, 6.45) is 2.76. The van der Waals surface area contributed by atoms with Crippen LogP contribution in [0.4, 0.5) is 19.4 Å².